The molecule has 2 aromatic rings. The van der Waals surface area contributed by atoms with Crippen LogP contribution in [-0.4, -0.2) is 17.0 Å². The molecule has 2 rings (SSSR count). The Morgan fingerprint density at radius 2 is 2.08 bits per heavy atom. The number of nitrogens with one attached hydrogen (secondary N) is 1. The van der Waals surface area contributed by atoms with Crippen molar-refractivity contribution in [2.24, 2.45) is 0 Å². The topological polar surface area (TPSA) is 57.8 Å². The first kappa shape index (κ1) is 17.6. The van der Waals surface area contributed by atoms with Crippen molar-refractivity contribution in [1.29, 1.82) is 5.26 Å². The normalized spacial score (nSPS) is 11.1. The van der Waals surface area contributed by atoms with E-state index in [2.05, 4.69) is 5.32 Å². The van der Waals surface area contributed by atoms with Crippen LogP contribution in [0.5, 0.6) is 0 Å². The van der Waals surface area contributed by atoms with Crippen molar-refractivity contribution in [1.82, 2.24) is 9.88 Å². The van der Waals surface area contributed by atoms with Crippen LogP contribution in [0.15, 0.2) is 36.5 Å². The Kier molecular flexibility index (Phi) is 5.29. The molecule has 126 valence electrons. The summed E-state index contributed by atoms with van der Waals surface area (Å²) in [5, 5.41) is 11.8. The van der Waals surface area contributed by atoms with E-state index in [0.29, 0.717) is 6.54 Å². The molecule has 0 spiro atoms. The second-order valence-electron chi connectivity index (χ2n) is 5.22. The molecule has 4 nitrogen and oxygen atoms in total. The smallest absolute Gasteiger partial charge is 0.351 e. The summed E-state index contributed by atoms with van der Waals surface area (Å²) in [5.41, 5.74) is -0.495. The lowest BCUT2D eigenvalue weighted by molar-refractivity contribution is -0.137. The molecule has 0 aliphatic carbocycles. The largest absolute Gasteiger partial charge is 0.416 e. The van der Waals surface area contributed by atoms with E-state index in [4.69, 9.17) is 5.26 Å². The lowest BCUT2D eigenvalue weighted by atomic mass is 10.2. The zero-order chi connectivity index (χ0) is 17.7. The Balaban J connectivity index is 2.43. The number of aromatic nitrogens is 1. The van der Waals surface area contributed by atoms with Gasteiger partial charge in [-0.15, -0.1) is 0 Å². The molecule has 0 aliphatic rings. The standard InChI is InChI=1S/C17H16F3N3O/c1-2-3-8-22-16(24)15-12(11-21)7-9-23(15)14-6-4-5-13(10-14)17(18,19)20/h4-7,9-10H,2-3,8H2,1H3,(H,22,24). The van der Waals surface area contributed by atoms with Crippen molar-refractivity contribution in [2.45, 2.75) is 25.9 Å². The number of benzene rings is 1. The molecule has 1 aromatic carbocycles. The lowest BCUT2D eigenvalue weighted by Crippen LogP contribution is -2.27. The molecule has 0 aliphatic heterocycles. The predicted octanol–water partition coefficient (Wildman–Crippen LogP) is 3.90. The number of amides is 1. The van der Waals surface area contributed by atoms with Gasteiger partial charge in [0.2, 0.25) is 0 Å². The number of nitrogens with zero attached hydrogens (tertiary/aromatic N) is 2. The number of alkyl halides is 3. The van der Waals surface area contributed by atoms with Crippen molar-refractivity contribution >= 4 is 5.91 Å². The average molecular weight is 335 g/mol. The van der Waals surface area contributed by atoms with Crippen molar-refractivity contribution in [3.8, 4) is 11.8 Å². The SMILES string of the molecule is CCCCNC(=O)c1c(C#N)ccn1-c1cccc(C(F)(F)F)c1. The third kappa shape index (κ3) is 3.77. The second kappa shape index (κ2) is 7.21. The maximum absolute atomic E-state index is 12.9. The monoisotopic (exact) mass is 335 g/mol. The van der Waals surface area contributed by atoms with Gasteiger partial charge in [0.25, 0.3) is 5.91 Å². The van der Waals surface area contributed by atoms with Gasteiger partial charge in [-0.2, -0.15) is 18.4 Å². The van der Waals surface area contributed by atoms with Crippen molar-refractivity contribution < 1.29 is 18.0 Å². The van der Waals surface area contributed by atoms with Crippen LogP contribution in [0.4, 0.5) is 13.2 Å². The van der Waals surface area contributed by atoms with Gasteiger partial charge in [0, 0.05) is 18.4 Å². The first-order valence-corrected chi connectivity index (χ1v) is 7.45. The number of rotatable bonds is 5. The van der Waals surface area contributed by atoms with E-state index < -0.39 is 17.6 Å². The molecule has 0 bridgehead atoms. The number of carbonyl (C=O) groups excluding carboxylic acids is 1. The minimum atomic E-state index is -4.48. The van der Waals surface area contributed by atoms with Gasteiger partial charge >= 0.3 is 6.18 Å². The van der Waals surface area contributed by atoms with Crippen LogP contribution in [0.3, 0.4) is 0 Å². The summed E-state index contributed by atoms with van der Waals surface area (Å²) in [6, 6.07) is 7.94. The molecule has 24 heavy (non-hydrogen) atoms. The van der Waals surface area contributed by atoms with E-state index in [1.54, 1.807) is 0 Å². The van der Waals surface area contributed by atoms with E-state index in [-0.39, 0.29) is 16.9 Å². The molecule has 0 unspecified atom stereocenters. The third-order valence-corrected chi connectivity index (χ3v) is 3.49. The molecule has 0 saturated carbocycles. The van der Waals surface area contributed by atoms with E-state index in [1.165, 1.54) is 29.0 Å². The van der Waals surface area contributed by atoms with Gasteiger partial charge in [-0.1, -0.05) is 19.4 Å². The summed E-state index contributed by atoms with van der Waals surface area (Å²) in [7, 11) is 0. The Hall–Kier alpha value is -2.75. The molecule has 7 heteroatoms. The third-order valence-electron chi connectivity index (χ3n) is 3.49. The highest BCUT2D eigenvalue weighted by Gasteiger charge is 2.31. The van der Waals surface area contributed by atoms with Crippen molar-refractivity contribution in [3.05, 3.63) is 53.3 Å². The van der Waals surface area contributed by atoms with E-state index in [0.717, 1.165) is 25.0 Å². The Labute approximate surface area is 137 Å². The van der Waals surface area contributed by atoms with Crippen LogP contribution in [0.2, 0.25) is 0 Å². The summed E-state index contributed by atoms with van der Waals surface area (Å²) in [4.78, 5) is 12.3. The van der Waals surface area contributed by atoms with Gasteiger partial charge in [0.1, 0.15) is 11.8 Å². The number of halogens is 3. The molecule has 1 aromatic heterocycles. The fourth-order valence-corrected chi connectivity index (χ4v) is 2.26. The van der Waals surface area contributed by atoms with Gasteiger partial charge in [0.05, 0.1) is 11.1 Å². The van der Waals surface area contributed by atoms with Gasteiger partial charge in [0.15, 0.2) is 0 Å². The minimum absolute atomic E-state index is 0.0351. The number of carbonyl (C=O) groups is 1. The number of hydrogen-bond donors (Lipinski definition) is 1. The molecular weight excluding hydrogens is 319 g/mol. The maximum Gasteiger partial charge on any atom is 0.416 e. The van der Waals surface area contributed by atoms with Crippen molar-refractivity contribution in [3.63, 3.8) is 0 Å². The minimum Gasteiger partial charge on any atom is -0.351 e. The van der Waals surface area contributed by atoms with Crippen LogP contribution in [-0.2, 0) is 6.18 Å². The highest BCUT2D eigenvalue weighted by atomic mass is 19.4. The van der Waals surface area contributed by atoms with Crippen LogP contribution in [0.25, 0.3) is 5.69 Å². The van der Waals surface area contributed by atoms with Gasteiger partial charge in [-0.3, -0.25) is 4.79 Å². The maximum atomic E-state index is 12.9. The summed E-state index contributed by atoms with van der Waals surface area (Å²) in [6.45, 7) is 2.41. The lowest BCUT2D eigenvalue weighted by Gasteiger charge is -2.13. The Bertz CT molecular complexity index is 772. The fourth-order valence-electron chi connectivity index (χ4n) is 2.26. The number of nitriles is 1. The Morgan fingerprint density at radius 1 is 1.33 bits per heavy atom. The van der Waals surface area contributed by atoms with Crippen LogP contribution in [0, 0.1) is 11.3 Å². The van der Waals surface area contributed by atoms with E-state index in [1.807, 2.05) is 13.0 Å². The first-order valence-electron chi connectivity index (χ1n) is 7.45. The quantitative estimate of drug-likeness (QED) is 0.843. The summed E-state index contributed by atoms with van der Waals surface area (Å²) >= 11 is 0. The van der Waals surface area contributed by atoms with Crippen LogP contribution in [0.1, 0.15) is 41.4 Å². The summed E-state index contributed by atoms with van der Waals surface area (Å²) in [5.74, 6) is -0.484. The molecular formula is C17H16F3N3O. The summed E-state index contributed by atoms with van der Waals surface area (Å²) in [6.07, 6.45) is -1.40. The zero-order valence-corrected chi connectivity index (χ0v) is 13.0. The average Bonchev–Trinajstić information content (AvgIpc) is 2.98. The molecule has 0 atom stereocenters. The van der Waals surface area contributed by atoms with Crippen molar-refractivity contribution in [2.75, 3.05) is 6.54 Å². The van der Waals surface area contributed by atoms with Crippen LogP contribution >= 0.6 is 0 Å². The molecule has 1 N–H and O–H groups in total. The first-order chi connectivity index (χ1) is 11.4. The molecule has 1 amide bonds. The molecule has 0 radical (unpaired) electrons. The van der Waals surface area contributed by atoms with Gasteiger partial charge < -0.3 is 9.88 Å². The molecule has 0 saturated heterocycles. The van der Waals surface area contributed by atoms with Gasteiger partial charge in [-0.05, 0) is 30.7 Å². The zero-order valence-electron chi connectivity index (χ0n) is 13.0. The summed E-state index contributed by atoms with van der Waals surface area (Å²) < 4.78 is 39.9. The highest BCUT2D eigenvalue weighted by molar-refractivity contribution is 5.95. The molecule has 0 fully saturated rings. The van der Waals surface area contributed by atoms with Crippen LogP contribution < -0.4 is 5.32 Å². The van der Waals surface area contributed by atoms with E-state index >= 15 is 0 Å². The second-order valence-corrected chi connectivity index (χ2v) is 5.22. The number of unbranched alkanes of at least 4 members (excludes halogenated alkanes) is 1. The predicted molar refractivity (Wildman–Crippen MR) is 82.7 cm³/mol. The van der Waals surface area contributed by atoms with E-state index in [9.17, 15) is 18.0 Å². The highest BCUT2D eigenvalue weighted by Crippen LogP contribution is 2.30. The molecule has 1 heterocycles. The fraction of sp³-hybridized carbons (Fsp3) is 0.294. The Morgan fingerprint density at radius 3 is 2.71 bits per heavy atom. The van der Waals surface area contributed by atoms with Gasteiger partial charge in [-0.25, -0.2) is 0 Å². The number of hydrogen-bond acceptors (Lipinski definition) is 2.